The van der Waals surface area contributed by atoms with Crippen LogP contribution >= 0.6 is 11.8 Å². The number of aliphatic carboxylic acids is 1. The minimum absolute atomic E-state index is 0.0414. The third-order valence-electron chi connectivity index (χ3n) is 3.40. The van der Waals surface area contributed by atoms with Crippen LogP contribution in [0.25, 0.3) is 0 Å². The average molecular weight is 274 g/mol. The first-order valence-corrected chi connectivity index (χ1v) is 7.61. The van der Waals surface area contributed by atoms with E-state index < -0.39 is 5.97 Å². The lowest BCUT2D eigenvalue weighted by Crippen LogP contribution is -2.48. The van der Waals surface area contributed by atoms with Gasteiger partial charge < -0.3 is 14.9 Å². The lowest BCUT2D eigenvalue weighted by atomic mass is 10.1. The van der Waals surface area contributed by atoms with Gasteiger partial charge in [-0.25, -0.2) is 4.79 Å². The molecule has 5 nitrogen and oxygen atoms in total. The minimum atomic E-state index is -0.834. The van der Waals surface area contributed by atoms with Crippen molar-refractivity contribution in [3.63, 3.8) is 0 Å². The summed E-state index contributed by atoms with van der Waals surface area (Å²) in [6.07, 6.45) is 3.76. The first kappa shape index (κ1) is 15.1. The van der Waals surface area contributed by atoms with E-state index in [1.165, 1.54) is 0 Å². The summed E-state index contributed by atoms with van der Waals surface area (Å²) in [4.78, 5) is 26.5. The monoisotopic (exact) mass is 274 g/mol. The summed E-state index contributed by atoms with van der Waals surface area (Å²) in [6, 6.07) is -0.0159. The molecule has 104 valence electrons. The Morgan fingerprint density at radius 2 is 2.22 bits per heavy atom. The van der Waals surface area contributed by atoms with Gasteiger partial charge in [0.15, 0.2) is 0 Å². The lowest BCUT2D eigenvalue weighted by Gasteiger charge is -2.32. The number of rotatable bonds is 5. The molecule has 1 rings (SSSR count). The van der Waals surface area contributed by atoms with Crippen LogP contribution in [-0.2, 0) is 4.79 Å². The van der Waals surface area contributed by atoms with E-state index in [2.05, 4.69) is 0 Å². The molecule has 1 aliphatic rings. The molecule has 1 heterocycles. The summed E-state index contributed by atoms with van der Waals surface area (Å²) in [7, 11) is 1.79. The van der Waals surface area contributed by atoms with Crippen molar-refractivity contribution in [1.29, 1.82) is 0 Å². The van der Waals surface area contributed by atoms with Gasteiger partial charge in [0.05, 0.1) is 6.42 Å². The number of nitrogens with zero attached hydrogens (tertiary/aromatic N) is 2. The van der Waals surface area contributed by atoms with Gasteiger partial charge in [0.25, 0.3) is 0 Å². The Kier molecular flexibility index (Phi) is 5.78. The van der Waals surface area contributed by atoms with E-state index in [1.807, 2.05) is 13.2 Å². The topological polar surface area (TPSA) is 60.9 Å². The molecule has 0 aromatic rings. The zero-order chi connectivity index (χ0) is 13.7. The first-order chi connectivity index (χ1) is 8.47. The Morgan fingerprint density at radius 3 is 2.78 bits per heavy atom. The molecule has 0 radical (unpaired) electrons. The molecule has 18 heavy (non-hydrogen) atoms. The number of carboxylic acids is 1. The number of amides is 2. The third-order valence-corrected chi connectivity index (χ3v) is 4.22. The molecule has 1 aliphatic heterocycles. The summed E-state index contributed by atoms with van der Waals surface area (Å²) >= 11 is 1.70. The van der Waals surface area contributed by atoms with Crippen LogP contribution in [0.2, 0.25) is 0 Å². The molecule has 1 fully saturated rings. The number of likely N-dealkylation sites (tertiary alicyclic amines) is 1. The molecule has 1 N–H and O–H groups in total. The van der Waals surface area contributed by atoms with Crippen LogP contribution in [-0.4, -0.2) is 64.6 Å². The standard InChI is InChI=1S/C12H22N2O3S/c1-9(8-18-3)13(2)12(17)14-6-4-5-10(14)7-11(15)16/h9-10H,4-8H2,1-3H3,(H,15,16). The van der Waals surface area contributed by atoms with E-state index in [0.29, 0.717) is 6.54 Å². The Balaban J connectivity index is 2.61. The van der Waals surface area contributed by atoms with Gasteiger partial charge in [-0.3, -0.25) is 4.79 Å². The third kappa shape index (κ3) is 3.80. The summed E-state index contributed by atoms with van der Waals surface area (Å²) < 4.78 is 0. The Morgan fingerprint density at radius 1 is 1.56 bits per heavy atom. The van der Waals surface area contributed by atoms with Crippen LogP contribution in [0.15, 0.2) is 0 Å². The zero-order valence-corrected chi connectivity index (χ0v) is 12.1. The van der Waals surface area contributed by atoms with Gasteiger partial charge in [-0.05, 0) is 26.0 Å². The summed E-state index contributed by atoms with van der Waals surface area (Å²) in [6.45, 7) is 2.68. The Labute approximate surface area is 113 Å². The smallest absolute Gasteiger partial charge is 0.320 e. The molecule has 0 aromatic carbocycles. The largest absolute Gasteiger partial charge is 0.481 e. The van der Waals surface area contributed by atoms with Gasteiger partial charge in [-0.1, -0.05) is 0 Å². The fraction of sp³-hybridized carbons (Fsp3) is 0.833. The molecule has 2 atom stereocenters. The van der Waals surface area contributed by atoms with Crippen molar-refractivity contribution in [2.24, 2.45) is 0 Å². The fourth-order valence-corrected chi connectivity index (χ4v) is 2.95. The van der Waals surface area contributed by atoms with Gasteiger partial charge in [0.2, 0.25) is 0 Å². The first-order valence-electron chi connectivity index (χ1n) is 6.21. The number of carbonyl (C=O) groups excluding carboxylic acids is 1. The number of hydrogen-bond acceptors (Lipinski definition) is 3. The van der Waals surface area contributed by atoms with Gasteiger partial charge in [-0.2, -0.15) is 11.8 Å². The number of urea groups is 1. The molecule has 0 aromatic heterocycles. The quantitative estimate of drug-likeness (QED) is 0.829. The highest BCUT2D eigenvalue weighted by Crippen LogP contribution is 2.22. The number of carbonyl (C=O) groups is 2. The van der Waals surface area contributed by atoms with Gasteiger partial charge in [0.1, 0.15) is 0 Å². The molecular weight excluding hydrogens is 252 g/mol. The van der Waals surface area contributed by atoms with Crippen LogP contribution in [0.3, 0.4) is 0 Å². The maximum atomic E-state index is 12.3. The minimum Gasteiger partial charge on any atom is -0.481 e. The zero-order valence-electron chi connectivity index (χ0n) is 11.3. The molecule has 1 saturated heterocycles. The predicted molar refractivity (Wildman–Crippen MR) is 73.0 cm³/mol. The molecule has 2 amide bonds. The van der Waals surface area contributed by atoms with E-state index in [0.717, 1.165) is 18.6 Å². The van der Waals surface area contributed by atoms with Crippen molar-refractivity contribution < 1.29 is 14.7 Å². The molecule has 0 saturated carbocycles. The second kappa shape index (κ2) is 6.87. The second-order valence-electron chi connectivity index (χ2n) is 4.79. The summed E-state index contributed by atoms with van der Waals surface area (Å²) in [5.41, 5.74) is 0. The fourth-order valence-electron chi connectivity index (χ4n) is 2.25. The van der Waals surface area contributed by atoms with Crippen LogP contribution in [0.1, 0.15) is 26.2 Å². The number of carboxylic acid groups (broad SMARTS) is 1. The molecule has 0 aliphatic carbocycles. The maximum Gasteiger partial charge on any atom is 0.320 e. The van der Waals surface area contributed by atoms with Crippen LogP contribution in [0, 0.1) is 0 Å². The SMILES string of the molecule is CSCC(C)N(C)C(=O)N1CCCC1CC(=O)O. The summed E-state index contributed by atoms with van der Waals surface area (Å²) in [5.74, 6) is 0.0548. The van der Waals surface area contributed by atoms with Crippen molar-refractivity contribution in [3.8, 4) is 0 Å². The van der Waals surface area contributed by atoms with Crippen molar-refractivity contribution in [2.45, 2.75) is 38.3 Å². The normalized spacial score (nSPS) is 20.8. The molecule has 6 heteroatoms. The van der Waals surface area contributed by atoms with Crippen LogP contribution in [0.4, 0.5) is 4.79 Å². The second-order valence-corrected chi connectivity index (χ2v) is 5.70. The van der Waals surface area contributed by atoms with Crippen molar-refractivity contribution >= 4 is 23.8 Å². The highest BCUT2D eigenvalue weighted by atomic mass is 32.2. The highest BCUT2D eigenvalue weighted by molar-refractivity contribution is 7.98. The van der Waals surface area contributed by atoms with Crippen LogP contribution < -0.4 is 0 Å². The summed E-state index contributed by atoms with van der Waals surface area (Å²) in [5, 5.41) is 8.85. The molecule has 2 unspecified atom stereocenters. The molecule has 0 bridgehead atoms. The van der Waals surface area contributed by atoms with E-state index >= 15 is 0 Å². The van der Waals surface area contributed by atoms with Gasteiger partial charge in [0, 0.05) is 31.4 Å². The van der Waals surface area contributed by atoms with Crippen LogP contribution in [0.5, 0.6) is 0 Å². The van der Waals surface area contributed by atoms with Gasteiger partial charge >= 0.3 is 12.0 Å². The van der Waals surface area contributed by atoms with Crippen molar-refractivity contribution in [1.82, 2.24) is 9.80 Å². The Bertz CT molecular complexity index is 312. The van der Waals surface area contributed by atoms with Crippen molar-refractivity contribution in [3.05, 3.63) is 0 Å². The maximum absolute atomic E-state index is 12.3. The molecule has 0 spiro atoms. The highest BCUT2D eigenvalue weighted by Gasteiger charge is 2.33. The van der Waals surface area contributed by atoms with E-state index in [1.54, 1.807) is 28.6 Å². The number of hydrogen-bond donors (Lipinski definition) is 1. The molecular formula is C12H22N2O3S. The van der Waals surface area contributed by atoms with E-state index in [-0.39, 0.29) is 24.5 Å². The van der Waals surface area contributed by atoms with Crippen molar-refractivity contribution in [2.75, 3.05) is 25.6 Å². The lowest BCUT2D eigenvalue weighted by molar-refractivity contribution is -0.138. The predicted octanol–water partition coefficient (Wildman–Crippen LogP) is 1.73. The van der Waals surface area contributed by atoms with E-state index in [4.69, 9.17) is 5.11 Å². The Hall–Kier alpha value is -0.910. The average Bonchev–Trinajstić information content (AvgIpc) is 2.74. The van der Waals surface area contributed by atoms with Gasteiger partial charge in [-0.15, -0.1) is 0 Å². The number of thioether (sulfide) groups is 1. The van der Waals surface area contributed by atoms with E-state index in [9.17, 15) is 9.59 Å².